The summed E-state index contributed by atoms with van der Waals surface area (Å²) < 4.78 is 5.51. The van der Waals surface area contributed by atoms with Crippen LogP contribution in [-0.2, 0) is 0 Å². The minimum atomic E-state index is 0.148. The second-order valence-electron chi connectivity index (χ2n) is 4.40. The van der Waals surface area contributed by atoms with Crippen LogP contribution < -0.4 is 4.90 Å². The van der Waals surface area contributed by atoms with Gasteiger partial charge in [-0.05, 0) is 25.8 Å². The van der Waals surface area contributed by atoms with Crippen LogP contribution in [0.5, 0.6) is 0 Å². The van der Waals surface area contributed by atoms with E-state index in [0.29, 0.717) is 0 Å². The molecule has 1 saturated carbocycles. The van der Waals surface area contributed by atoms with E-state index in [4.69, 9.17) is 4.42 Å². The molecule has 1 fully saturated rings. The van der Waals surface area contributed by atoms with Gasteiger partial charge in [0.2, 0.25) is 0 Å². The molecule has 0 atom stereocenters. The largest absolute Gasteiger partial charge is 0.446 e. The number of aliphatic hydroxyl groups excluding tert-OH is 1. The first-order chi connectivity index (χ1) is 6.65. The van der Waals surface area contributed by atoms with Crippen molar-refractivity contribution in [3.05, 3.63) is 17.9 Å². The molecular weight excluding hydrogens is 178 g/mol. The van der Waals surface area contributed by atoms with Gasteiger partial charge < -0.3 is 14.4 Å². The van der Waals surface area contributed by atoms with Crippen molar-refractivity contribution < 1.29 is 9.52 Å². The molecule has 1 aliphatic rings. The number of hydrogen-bond donors (Lipinski definition) is 1. The average molecular weight is 195 g/mol. The van der Waals surface area contributed by atoms with Crippen molar-refractivity contribution in [3.8, 4) is 0 Å². The Bertz CT molecular complexity index is 315. The molecule has 0 saturated heterocycles. The molecular formula is C11H17NO2. The quantitative estimate of drug-likeness (QED) is 0.795. The van der Waals surface area contributed by atoms with Crippen LogP contribution >= 0.6 is 0 Å². The maximum atomic E-state index is 9.20. The number of hydrogen-bond acceptors (Lipinski definition) is 3. The summed E-state index contributed by atoms with van der Waals surface area (Å²) in [7, 11) is 2.01. The summed E-state index contributed by atoms with van der Waals surface area (Å²) in [5.74, 6) is 1.82. The van der Waals surface area contributed by atoms with E-state index in [1.807, 2.05) is 26.1 Å². The summed E-state index contributed by atoms with van der Waals surface area (Å²) in [5, 5.41) is 9.20. The number of nitrogens with zero attached hydrogens (tertiary/aromatic N) is 1. The zero-order chi connectivity index (χ0) is 10.2. The van der Waals surface area contributed by atoms with Crippen molar-refractivity contribution >= 4 is 5.88 Å². The normalized spacial score (nSPS) is 18.2. The fourth-order valence-corrected chi connectivity index (χ4v) is 1.75. The molecule has 0 radical (unpaired) electrons. The Hall–Kier alpha value is -0.960. The fourth-order valence-electron chi connectivity index (χ4n) is 1.75. The van der Waals surface area contributed by atoms with Gasteiger partial charge in [0.25, 0.3) is 0 Å². The van der Waals surface area contributed by atoms with Crippen LogP contribution in [0.1, 0.15) is 18.6 Å². The standard InChI is InChI=1S/C11H17NO2/c1-9-3-4-10(14-9)12(2)7-11(8-13)5-6-11/h3-4,13H,5-8H2,1-2H3. The number of furan rings is 1. The Labute approximate surface area is 84.3 Å². The maximum absolute atomic E-state index is 9.20. The van der Waals surface area contributed by atoms with Crippen molar-refractivity contribution in [2.75, 3.05) is 25.1 Å². The van der Waals surface area contributed by atoms with Crippen molar-refractivity contribution in [2.45, 2.75) is 19.8 Å². The van der Waals surface area contributed by atoms with Gasteiger partial charge in [-0.3, -0.25) is 0 Å². The number of aliphatic hydroxyl groups is 1. The monoisotopic (exact) mass is 195 g/mol. The van der Waals surface area contributed by atoms with Crippen LogP contribution in [0.3, 0.4) is 0 Å². The van der Waals surface area contributed by atoms with Crippen molar-refractivity contribution in [2.24, 2.45) is 5.41 Å². The number of anilines is 1. The molecule has 0 aromatic carbocycles. The first-order valence-corrected chi connectivity index (χ1v) is 5.04. The van der Waals surface area contributed by atoms with E-state index in [9.17, 15) is 5.11 Å². The van der Waals surface area contributed by atoms with Gasteiger partial charge in [-0.15, -0.1) is 0 Å². The van der Waals surface area contributed by atoms with Gasteiger partial charge in [-0.2, -0.15) is 0 Å². The van der Waals surface area contributed by atoms with Crippen LogP contribution in [0.4, 0.5) is 5.88 Å². The third-order valence-corrected chi connectivity index (χ3v) is 2.97. The van der Waals surface area contributed by atoms with Crippen LogP contribution in [0, 0.1) is 12.3 Å². The van der Waals surface area contributed by atoms with E-state index < -0.39 is 0 Å². The van der Waals surface area contributed by atoms with Gasteiger partial charge >= 0.3 is 0 Å². The lowest BCUT2D eigenvalue weighted by Crippen LogP contribution is -2.28. The Kier molecular flexibility index (Phi) is 2.27. The second-order valence-corrected chi connectivity index (χ2v) is 4.40. The summed E-state index contributed by atoms with van der Waals surface area (Å²) in [5.41, 5.74) is 0.148. The fraction of sp³-hybridized carbons (Fsp3) is 0.636. The van der Waals surface area contributed by atoms with Crippen LogP contribution in [0.2, 0.25) is 0 Å². The molecule has 14 heavy (non-hydrogen) atoms. The highest BCUT2D eigenvalue weighted by Crippen LogP contribution is 2.46. The van der Waals surface area contributed by atoms with Gasteiger partial charge in [0.05, 0.1) is 6.61 Å². The topological polar surface area (TPSA) is 36.6 Å². The Morgan fingerprint density at radius 2 is 2.21 bits per heavy atom. The Morgan fingerprint density at radius 1 is 1.50 bits per heavy atom. The zero-order valence-corrected chi connectivity index (χ0v) is 8.79. The summed E-state index contributed by atoms with van der Waals surface area (Å²) in [4.78, 5) is 2.08. The van der Waals surface area contributed by atoms with Crippen LogP contribution in [0.25, 0.3) is 0 Å². The molecule has 1 N–H and O–H groups in total. The van der Waals surface area contributed by atoms with Crippen LogP contribution in [0.15, 0.2) is 16.5 Å². The first kappa shape index (κ1) is 9.59. The lowest BCUT2D eigenvalue weighted by Gasteiger charge is -2.21. The SMILES string of the molecule is Cc1ccc(N(C)CC2(CO)CC2)o1. The third kappa shape index (κ3) is 1.77. The predicted octanol–water partition coefficient (Wildman–Crippen LogP) is 1.80. The third-order valence-electron chi connectivity index (χ3n) is 2.97. The van der Waals surface area contributed by atoms with E-state index in [1.165, 1.54) is 0 Å². The Morgan fingerprint density at radius 3 is 2.64 bits per heavy atom. The van der Waals surface area contributed by atoms with Crippen molar-refractivity contribution in [3.63, 3.8) is 0 Å². The molecule has 3 heteroatoms. The van der Waals surface area contributed by atoms with E-state index in [0.717, 1.165) is 31.0 Å². The van der Waals surface area contributed by atoms with Gasteiger partial charge in [-0.1, -0.05) is 0 Å². The van der Waals surface area contributed by atoms with Crippen molar-refractivity contribution in [1.29, 1.82) is 0 Å². The summed E-state index contributed by atoms with van der Waals surface area (Å²) in [6.07, 6.45) is 2.26. The highest BCUT2D eigenvalue weighted by atomic mass is 16.4. The summed E-state index contributed by atoms with van der Waals surface area (Å²) in [6, 6.07) is 3.94. The predicted molar refractivity (Wildman–Crippen MR) is 55.5 cm³/mol. The maximum Gasteiger partial charge on any atom is 0.195 e. The summed E-state index contributed by atoms with van der Waals surface area (Å²) in [6.45, 7) is 3.11. The zero-order valence-electron chi connectivity index (χ0n) is 8.79. The molecule has 3 nitrogen and oxygen atoms in total. The molecule has 1 heterocycles. The summed E-state index contributed by atoms with van der Waals surface area (Å²) >= 11 is 0. The van der Waals surface area contributed by atoms with E-state index in [1.54, 1.807) is 0 Å². The second kappa shape index (κ2) is 3.31. The first-order valence-electron chi connectivity index (χ1n) is 5.04. The molecule has 0 amide bonds. The van der Waals surface area contributed by atoms with E-state index >= 15 is 0 Å². The van der Waals surface area contributed by atoms with E-state index in [-0.39, 0.29) is 12.0 Å². The molecule has 78 valence electrons. The smallest absolute Gasteiger partial charge is 0.195 e. The van der Waals surface area contributed by atoms with Crippen molar-refractivity contribution in [1.82, 2.24) is 0 Å². The minimum Gasteiger partial charge on any atom is -0.446 e. The molecule has 0 bridgehead atoms. The lowest BCUT2D eigenvalue weighted by molar-refractivity contribution is 0.214. The lowest BCUT2D eigenvalue weighted by atomic mass is 10.1. The van der Waals surface area contributed by atoms with Gasteiger partial charge in [0.1, 0.15) is 5.76 Å². The van der Waals surface area contributed by atoms with Crippen LogP contribution in [-0.4, -0.2) is 25.3 Å². The van der Waals surface area contributed by atoms with Gasteiger partial charge in [0.15, 0.2) is 5.88 Å². The molecule has 2 rings (SSSR count). The minimum absolute atomic E-state index is 0.148. The highest BCUT2D eigenvalue weighted by Gasteiger charge is 2.43. The molecule has 0 spiro atoms. The van der Waals surface area contributed by atoms with Gasteiger partial charge in [-0.25, -0.2) is 0 Å². The molecule has 0 unspecified atom stereocenters. The average Bonchev–Trinajstić information content (AvgIpc) is 2.80. The highest BCUT2D eigenvalue weighted by molar-refractivity contribution is 5.36. The van der Waals surface area contributed by atoms with Gasteiger partial charge in [0, 0.05) is 25.1 Å². The Balaban J connectivity index is 1.99. The number of rotatable bonds is 4. The number of aryl methyl sites for hydroxylation is 1. The molecule has 0 aliphatic heterocycles. The molecule has 1 aromatic rings. The van der Waals surface area contributed by atoms with E-state index in [2.05, 4.69) is 4.90 Å². The molecule has 1 aliphatic carbocycles. The molecule has 1 aromatic heterocycles.